The van der Waals surface area contributed by atoms with E-state index in [2.05, 4.69) is 39.6 Å². The summed E-state index contributed by atoms with van der Waals surface area (Å²) in [6, 6.07) is 0. The number of rotatable bonds is 4. The molecule has 106 valence electrons. The molecule has 1 saturated carbocycles. The highest BCUT2D eigenvalue weighted by molar-refractivity contribution is 5.87. The van der Waals surface area contributed by atoms with Gasteiger partial charge in [-0.25, -0.2) is 9.78 Å². The van der Waals surface area contributed by atoms with E-state index < -0.39 is 5.97 Å². The van der Waals surface area contributed by atoms with Crippen molar-refractivity contribution in [2.75, 3.05) is 7.11 Å². The molecule has 1 aliphatic carbocycles. The maximum absolute atomic E-state index is 11.7. The van der Waals surface area contributed by atoms with Gasteiger partial charge in [0, 0.05) is 5.92 Å². The minimum atomic E-state index is -0.432. The van der Waals surface area contributed by atoms with Crippen LogP contribution in [0, 0.1) is 10.8 Å². The largest absolute Gasteiger partial charge is 0.463 e. The van der Waals surface area contributed by atoms with E-state index in [9.17, 15) is 4.79 Å². The Morgan fingerprint density at radius 1 is 1.32 bits per heavy atom. The molecule has 0 aromatic carbocycles. The number of ether oxygens (including phenoxy) is 1. The molecule has 0 unspecified atom stereocenters. The number of oxazole rings is 1. The highest BCUT2D eigenvalue weighted by atomic mass is 16.5. The van der Waals surface area contributed by atoms with Gasteiger partial charge in [0.1, 0.15) is 0 Å². The van der Waals surface area contributed by atoms with Crippen molar-refractivity contribution >= 4 is 5.97 Å². The number of aromatic nitrogens is 1. The van der Waals surface area contributed by atoms with E-state index in [0.717, 1.165) is 18.5 Å². The lowest BCUT2D eigenvalue weighted by Gasteiger charge is -2.03. The quantitative estimate of drug-likeness (QED) is 0.781. The van der Waals surface area contributed by atoms with Crippen molar-refractivity contribution < 1.29 is 13.9 Å². The van der Waals surface area contributed by atoms with Crippen molar-refractivity contribution in [2.24, 2.45) is 10.8 Å². The second kappa shape index (κ2) is 4.36. The molecule has 0 atom stereocenters. The molecule has 0 aliphatic heterocycles. The molecule has 2 rings (SSSR count). The van der Waals surface area contributed by atoms with Gasteiger partial charge in [-0.15, -0.1) is 0 Å². The van der Waals surface area contributed by atoms with Crippen molar-refractivity contribution in [1.82, 2.24) is 4.98 Å². The van der Waals surface area contributed by atoms with Gasteiger partial charge < -0.3 is 9.15 Å². The molecule has 19 heavy (non-hydrogen) atoms. The molecule has 0 amide bonds. The smallest absolute Gasteiger partial charge is 0.375 e. The van der Waals surface area contributed by atoms with Crippen LogP contribution in [-0.4, -0.2) is 18.1 Å². The molecule has 0 spiro atoms. The van der Waals surface area contributed by atoms with Gasteiger partial charge in [0.15, 0.2) is 5.89 Å². The standard InChI is InChI=1S/C15H23NO3/c1-7-8-9-10(13(17)18-6)19-12(16-9)11-14(2,3)15(11,4)5/h11H,7-8H2,1-6H3. The van der Waals surface area contributed by atoms with Crippen molar-refractivity contribution in [3.05, 3.63) is 17.3 Å². The van der Waals surface area contributed by atoms with E-state index >= 15 is 0 Å². The first kappa shape index (κ1) is 14.1. The van der Waals surface area contributed by atoms with Crippen molar-refractivity contribution in [3.8, 4) is 0 Å². The summed E-state index contributed by atoms with van der Waals surface area (Å²) in [5.41, 5.74) is 1.02. The number of carbonyl (C=O) groups excluding carboxylic acids is 1. The minimum Gasteiger partial charge on any atom is -0.463 e. The van der Waals surface area contributed by atoms with Crippen LogP contribution in [0.15, 0.2) is 4.42 Å². The van der Waals surface area contributed by atoms with Crippen molar-refractivity contribution in [1.29, 1.82) is 0 Å². The first-order chi connectivity index (χ1) is 8.77. The number of nitrogens with zero attached hydrogens (tertiary/aromatic N) is 1. The minimum absolute atomic E-state index is 0.148. The fraction of sp³-hybridized carbons (Fsp3) is 0.733. The molecule has 1 fully saturated rings. The lowest BCUT2D eigenvalue weighted by molar-refractivity contribution is 0.0561. The molecule has 1 aromatic rings. The predicted molar refractivity (Wildman–Crippen MR) is 72.1 cm³/mol. The summed E-state index contributed by atoms with van der Waals surface area (Å²) in [7, 11) is 1.37. The molecule has 4 heteroatoms. The number of aryl methyl sites for hydroxylation is 1. The summed E-state index contributed by atoms with van der Waals surface area (Å²) in [5.74, 6) is 0.782. The van der Waals surface area contributed by atoms with Gasteiger partial charge in [0.25, 0.3) is 0 Å². The lowest BCUT2D eigenvalue weighted by Crippen LogP contribution is -2.03. The van der Waals surface area contributed by atoms with Crippen molar-refractivity contribution in [3.63, 3.8) is 0 Å². The van der Waals surface area contributed by atoms with Crippen LogP contribution in [0.5, 0.6) is 0 Å². The molecule has 1 aliphatic rings. The molecule has 0 N–H and O–H groups in total. The van der Waals surface area contributed by atoms with E-state index in [1.54, 1.807) is 0 Å². The van der Waals surface area contributed by atoms with Gasteiger partial charge in [0.2, 0.25) is 5.76 Å². The third-order valence-electron chi connectivity index (χ3n) is 4.84. The summed E-state index contributed by atoms with van der Waals surface area (Å²) in [5, 5.41) is 0. The second-order valence-corrected chi connectivity index (χ2v) is 6.45. The Morgan fingerprint density at radius 3 is 2.32 bits per heavy atom. The van der Waals surface area contributed by atoms with Gasteiger partial charge in [0.05, 0.1) is 12.8 Å². The van der Waals surface area contributed by atoms with Crippen LogP contribution in [0.1, 0.15) is 69.1 Å². The maximum atomic E-state index is 11.7. The fourth-order valence-electron chi connectivity index (χ4n) is 2.97. The SMILES string of the molecule is CCCc1nc(C2C(C)(C)C2(C)C)oc1C(=O)OC. The number of hydrogen-bond acceptors (Lipinski definition) is 4. The molecule has 0 saturated heterocycles. The zero-order valence-corrected chi connectivity index (χ0v) is 12.7. The van der Waals surface area contributed by atoms with Crippen LogP contribution in [0.2, 0.25) is 0 Å². The summed E-state index contributed by atoms with van der Waals surface area (Å²) in [6.45, 7) is 10.9. The number of hydrogen-bond donors (Lipinski definition) is 0. The summed E-state index contributed by atoms with van der Waals surface area (Å²) < 4.78 is 10.5. The Kier molecular flexibility index (Phi) is 3.23. The zero-order chi connectivity index (χ0) is 14.4. The summed E-state index contributed by atoms with van der Waals surface area (Å²) in [6.07, 6.45) is 1.66. The van der Waals surface area contributed by atoms with E-state index in [1.165, 1.54) is 7.11 Å². The molecular weight excluding hydrogens is 242 g/mol. The average Bonchev–Trinajstić information content (AvgIpc) is 2.65. The molecular formula is C15H23NO3. The van der Waals surface area contributed by atoms with Gasteiger partial charge in [-0.2, -0.15) is 0 Å². The average molecular weight is 265 g/mol. The van der Waals surface area contributed by atoms with Gasteiger partial charge in [-0.1, -0.05) is 41.0 Å². The lowest BCUT2D eigenvalue weighted by atomic mass is 10.0. The van der Waals surface area contributed by atoms with Gasteiger partial charge in [-0.05, 0) is 17.3 Å². The maximum Gasteiger partial charge on any atom is 0.375 e. The van der Waals surface area contributed by atoms with Crippen LogP contribution in [0.4, 0.5) is 0 Å². The Morgan fingerprint density at radius 2 is 1.89 bits per heavy atom. The van der Waals surface area contributed by atoms with Crippen LogP contribution >= 0.6 is 0 Å². The molecule has 1 heterocycles. The van der Waals surface area contributed by atoms with E-state index in [-0.39, 0.29) is 22.5 Å². The molecule has 0 radical (unpaired) electrons. The van der Waals surface area contributed by atoms with Gasteiger partial charge >= 0.3 is 5.97 Å². The van der Waals surface area contributed by atoms with Crippen molar-refractivity contribution in [2.45, 2.75) is 53.4 Å². The number of esters is 1. The van der Waals surface area contributed by atoms with Crippen LogP contribution in [0.25, 0.3) is 0 Å². The normalized spacial score (nSPS) is 20.3. The summed E-state index contributed by atoms with van der Waals surface area (Å²) >= 11 is 0. The van der Waals surface area contributed by atoms with Crippen LogP contribution < -0.4 is 0 Å². The number of methoxy groups -OCH3 is 1. The predicted octanol–water partition coefficient (Wildman–Crippen LogP) is 3.56. The van der Waals surface area contributed by atoms with E-state index in [0.29, 0.717) is 5.89 Å². The zero-order valence-electron chi connectivity index (χ0n) is 12.7. The fourth-order valence-corrected chi connectivity index (χ4v) is 2.97. The Labute approximate surface area is 114 Å². The third kappa shape index (κ3) is 1.97. The highest BCUT2D eigenvalue weighted by Gasteiger charge is 2.67. The monoisotopic (exact) mass is 265 g/mol. The van der Waals surface area contributed by atoms with Gasteiger partial charge in [-0.3, -0.25) is 0 Å². The Balaban J connectivity index is 2.37. The molecule has 4 nitrogen and oxygen atoms in total. The van der Waals surface area contributed by atoms with Crippen LogP contribution in [-0.2, 0) is 11.2 Å². The first-order valence-electron chi connectivity index (χ1n) is 6.85. The topological polar surface area (TPSA) is 52.3 Å². The molecule has 0 bridgehead atoms. The second-order valence-electron chi connectivity index (χ2n) is 6.45. The van der Waals surface area contributed by atoms with E-state index in [1.807, 2.05) is 0 Å². The highest BCUT2D eigenvalue weighted by Crippen LogP contribution is 2.73. The van der Waals surface area contributed by atoms with E-state index in [4.69, 9.17) is 9.15 Å². The summed E-state index contributed by atoms with van der Waals surface area (Å²) in [4.78, 5) is 16.3. The first-order valence-corrected chi connectivity index (χ1v) is 6.85. The Bertz CT molecular complexity index is 485. The number of carbonyl (C=O) groups is 1. The third-order valence-corrected chi connectivity index (χ3v) is 4.84. The molecule has 1 aromatic heterocycles. The Hall–Kier alpha value is -1.32. The van der Waals surface area contributed by atoms with Crippen LogP contribution in [0.3, 0.4) is 0 Å².